The molecule has 1 rings (SSSR count). The number of rotatable bonds is 6. The van der Waals surface area contributed by atoms with Crippen molar-refractivity contribution in [2.75, 3.05) is 31.2 Å². The first-order chi connectivity index (χ1) is 9.96. The summed E-state index contributed by atoms with van der Waals surface area (Å²) in [4.78, 5) is 13.6. The minimum atomic E-state index is -3.03. The zero-order chi connectivity index (χ0) is 17.0. The van der Waals surface area contributed by atoms with Crippen LogP contribution in [0.4, 0.5) is 4.79 Å². The fourth-order valence-electron chi connectivity index (χ4n) is 2.36. The van der Waals surface area contributed by atoms with E-state index in [4.69, 9.17) is 9.47 Å². The van der Waals surface area contributed by atoms with E-state index in [1.54, 1.807) is 4.90 Å². The summed E-state index contributed by atoms with van der Waals surface area (Å²) in [6.07, 6.45) is 0.949. The lowest BCUT2D eigenvalue weighted by molar-refractivity contribution is -0.0202. The van der Waals surface area contributed by atoms with Crippen molar-refractivity contribution in [2.24, 2.45) is 0 Å². The van der Waals surface area contributed by atoms with Gasteiger partial charge in [-0.3, -0.25) is 0 Å². The Bertz CT molecular complexity index is 483. The van der Waals surface area contributed by atoms with E-state index in [1.807, 2.05) is 34.6 Å². The second kappa shape index (κ2) is 7.17. The predicted octanol–water partition coefficient (Wildman–Crippen LogP) is 2.23. The lowest BCUT2D eigenvalue weighted by Crippen LogP contribution is -2.39. The van der Waals surface area contributed by atoms with Gasteiger partial charge in [0.05, 0.1) is 24.5 Å². The van der Waals surface area contributed by atoms with Crippen LogP contribution in [0.15, 0.2) is 0 Å². The van der Waals surface area contributed by atoms with E-state index in [0.717, 1.165) is 0 Å². The summed E-state index contributed by atoms with van der Waals surface area (Å²) < 4.78 is 34.4. The van der Waals surface area contributed by atoms with Gasteiger partial charge in [-0.2, -0.15) is 0 Å². The summed E-state index contributed by atoms with van der Waals surface area (Å²) in [7, 11) is -3.03. The molecule has 1 aliphatic rings. The van der Waals surface area contributed by atoms with Crippen LogP contribution in [0.3, 0.4) is 0 Å². The summed E-state index contributed by atoms with van der Waals surface area (Å²) in [5.41, 5.74) is -1.02. The van der Waals surface area contributed by atoms with Crippen LogP contribution in [0.1, 0.15) is 47.5 Å². The van der Waals surface area contributed by atoms with E-state index in [1.165, 1.54) is 0 Å². The van der Waals surface area contributed by atoms with E-state index in [9.17, 15) is 13.2 Å². The van der Waals surface area contributed by atoms with E-state index in [2.05, 4.69) is 0 Å². The van der Waals surface area contributed by atoms with Crippen molar-refractivity contribution in [1.82, 2.24) is 4.90 Å². The van der Waals surface area contributed by atoms with Crippen LogP contribution in [-0.2, 0) is 19.3 Å². The highest BCUT2D eigenvalue weighted by Crippen LogP contribution is 2.26. The minimum Gasteiger partial charge on any atom is -0.444 e. The summed E-state index contributed by atoms with van der Waals surface area (Å²) >= 11 is 0. The fourth-order valence-corrected chi connectivity index (χ4v) is 3.52. The Morgan fingerprint density at radius 3 is 2.45 bits per heavy atom. The van der Waals surface area contributed by atoms with Gasteiger partial charge in [0, 0.05) is 12.3 Å². The van der Waals surface area contributed by atoms with Gasteiger partial charge < -0.3 is 14.4 Å². The second-order valence-corrected chi connectivity index (χ2v) is 9.41. The Hall–Kier alpha value is -0.820. The molecular weight excluding hydrogens is 306 g/mol. The molecule has 7 heteroatoms. The van der Waals surface area contributed by atoms with Crippen molar-refractivity contribution in [1.29, 1.82) is 0 Å². The average Bonchev–Trinajstić information content (AvgIpc) is 2.69. The van der Waals surface area contributed by atoms with Gasteiger partial charge in [0.2, 0.25) is 0 Å². The maximum Gasteiger partial charge on any atom is 0.410 e. The first-order valence-electron chi connectivity index (χ1n) is 7.79. The first-order valence-corrected chi connectivity index (χ1v) is 9.61. The smallest absolute Gasteiger partial charge is 0.410 e. The molecule has 0 N–H and O–H groups in total. The van der Waals surface area contributed by atoms with Gasteiger partial charge in [-0.05, 0) is 40.5 Å². The lowest BCUT2D eigenvalue weighted by atomic mass is 10.1. The molecule has 1 saturated heterocycles. The molecule has 0 aromatic heterocycles. The zero-order valence-electron chi connectivity index (χ0n) is 14.3. The topological polar surface area (TPSA) is 72.9 Å². The third-order valence-electron chi connectivity index (χ3n) is 3.45. The molecule has 0 aromatic carbocycles. The van der Waals surface area contributed by atoms with Crippen molar-refractivity contribution in [3.05, 3.63) is 0 Å². The molecule has 22 heavy (non-hydrogen) atoms. The number of amides is 1. The van der Waals surface area contributed by atoms with Crippen molar-refractivity contribution >= 4 is 15.9 Å². The number of likely N-dealkylation sites (tertiary alicyclic amines) is 1. The number of sulfone groups is 1. The molecular formula is C15H29NO5S. The van der Waals surface area contributed by atoms with Crippen LogP contribution in [0.2, 0.25) is 0 Å². The molecule has 6 nitrogen and oxygen atoms in total. The van der Waals surface area contributed by atoms with Crippen LogP contribution >= 0.6 is 0 Å². The van der Waals surface area contributed by atoms with E-state index in [-0.39, 0.29) is 24.2 Å². The molecule has 1 aliphatic heterocycles. The minimum absolute atomic E-state index is 0.0306. The number of ether oxygens (including phenoxy) is 2. The molecule has 0 saturated carbocycles. The van der Waals surface area contributed by atoms with Crippen molar-refractivity contribution in [3.63, 3.8) is 0 Å². The Morgan fingerprint density at radius 1 is 1.27 bits per heavy atom. The molecule has 0 radical (unpaired) electrons. The van der Waals surface area contributed by atoms with Crippen LogP contribution in [-0.4, -0.2) is 61.8 Å². The van der Waals surface area contributed by atoms with Crippen LogP contribution in [0.5, 0.6) is 0 Å². The molecule has 1 fully saturated rings. The summed E-state index contributed by atoms with van der Waals surface area (Å²) in [6, 6.07) is 0. The Kier molecular flexibility index (Phi) is 6.27. The SMILES string of the molecule is CCCS(=O)(=O)CCOC1(C)CCN(C(=O)OC(C)(C)C)C1. The Labute approximate surface area is 134 Å². The number of nitrogens with zero attached hydrogens (tertiary/aromatic N) is 1. The molecule has 0 aliphatic carbocycles. The predicted molar refractivity (Wildman–Crippen MR) is 85.7 cm³/mol. The van der Waals surface area contributed by atoms with E-state index >= 15 is 0 Å². The van der Waals surface area contributed by atoms with Crippen molar-refractivity contribution < 1.29 is 22.7 Å². The second-order valence-electron chi connectivity index (χ2n) is 7.10. The Balaban J connectivity index is 2.45. The molecule has 0 spiro atoms. The Morgan fingerprint density at radius 2 is 1.91 bits per heavy atom. The van der Waals surface area contributed by atoms with Crippen LogP contribution in [0.25, 0.3) is 0 Å². The molecule has 0 bridgehead atoms. The van der Waals surface area contributed by atoms with Gasteiger partial charge in [0.15, 0.2) is 9.84 Å². The third kappa shape index (κ3) is 6.52. The standard InChI is InChI=1S/C15H29NO5S/c1-6-10-22(18,19)11-9-20-15(5)7-8-16(12-15)13(17)21-14(2,3)4/h6-12H2,1-5H3. The summed E-state index contributed by atoms with van der Waals surface area (Å²) in [5, 5.41) is 0. The molecule has 1 unspecified atom stereocenters. The van der Waals surface area contributed by atoms with Crippen LogP contribution < -0.4 is 0 Å². The van der Waals surface area contributed by atoms with Gasteiger partial charge in [0.25, 0.3) is 0 Å². The van der Waals surface area contributed by atoms with Gasteiger partial charge in [-0.25, -0.2) is 13.2 Å². The lowest BCUT2D eigenvalue weighted by Gasteiger charge is -2.27. The molecule has 1 amide bonds. The first kappa shape index (κ1) is 19.2. The van der Waals surface area contributed by atoms with Crippen LogP contribution in [0, 0.1) is 0 Å². The van der Waals surface area contributed by atoms with Gasteiger partial charge >= 0.3 is 6.09 Å². The fraction of sp³-hybridized carbons (Fsp3) is 0.933. The van der Waals surface area contributed by atoms with Gasteiger partial charge in [-0.15, -0.1) is 0 Å². The van der Waals surface area contributed by atoms with Crippen molar-refractivity contribution in [2.45, 2.75) is 58.7 Å². The highest BCUT2D eigenvalue weighted by atomic mass is 32.2. The normalized spacial score (nSPS) is 22.9. The number of carbonyl (C=O) groups is 1. The number of hydrogen-bond acceptors (Lipinski definition) is 5. The van der Waals surface area contributed by atoms with Gasteiger partial charge in [-0.1, -0.05) is 6.92 Å². The summed E-state index contributed by atoms with van der Waals surface area (Å²) in [5.74, 6) is 0.222. The van der Waals surface area contributed by atoms with Crippen molar-refractivity contribution in [3.8, 4) is 0 Å². The van der Waals surface area contributed by atoms with E-state index < -0.39 is 21.0 Å². The molecule has 130 valence electrons. The van der Waals surface area contributed by atoms with Gasteiger partial charge in [0.1, 0.15) is 5.60 Å². The highest BCUT2D eigenvalue weighted by Gasteiger charge is 2.38. The number of hydrogen-bond donors (Lipinski definition) is 0. The monoisotopic (exact) mass is 335 g/mol. The zero-order valence-corrected chi connectivity index (χ0v) is 15.2. The maximum absolute atomic E-state index is 12.0. The number of carbonyl (C=O) groups excluding carboxylic acids is 1. The average molecular weight is 335 g/mol. The molecule has 0 aromatic rings. The highest BCUT2D eigenvalue weighted by molar-refractivity contribution is 7.91. The summed E-state index contributed by atoms with van der Waals surface area (Å²) in [6.45, 7) is 10.4. The molecule has 1 heterocycles. The van der Waals surface area contributed by atoms with E-state index in [0.29, 0.717) is 25.9 Å². The largest absolute Gasteiger partial charge is 0.444 e. The molecule has 1 atom stereocenters. The maximum atomic E-state index is 12.0. The quantitative estimate of drug-likeness (QED) is 0.744. The third-order valence-corrected chi connectivity index (χ3v) is 5.27.